The Morgan fingerprint density at radius 1 is 0.952 bits per heavy atom. The molecule has 0 fully saturated rings. The zero-order valence-electron chi connectivity index (χ0n) is 24.7. The molecular weight excluding hydrogens is 532 g/mol. The van der Waals surface area contributed by atoms with Crippen LogP contribution in [0.1, 0.15) is 54.1 Å². The quantitative estimate of drug-likeness (QED) is 0.215. The fourth-order valence-electron chi connectivity index (χ4n) is 7.04. The standard InChI is InChI=1S/C38H36N2OS/c1-6-31-27(21-26-24-42-36-20-14-12-18-32(36)39(26)4)28-22-29-35(23-33(28)40(31)5)41-34-19-13-11-17-30(34)38(3,7-2)37(29)25-15-9-8-10-16-25/h6,8-23,37H,1,7,24H2,2-5H3/b26-21+. The molecule has 7 rings (SSSR count). The van der Waals surface area contributed by atoms with Gasteiger partial charge in [0.1, 0.15) is 11.5 Å². The van der Waals surface area contributed by atoms with Crippen molar-refractivity contribution in [2.24, 2.45) is 7.05 Å². The predicted molar refractivity (Wildman–Crippen MR) is 179 cm³/mol. The molecule has 2 aliphatic heterocycles. The van der Waals surface area contributed by atoms with Crippen LogP contribution in [0.25, 0.3) is 23.1 Å². The van der Waals surface area contributed by atoms with Gasteiger partial charge in [-0.05, 0) is 48.4 Å². The van der Waals surface area contributed by atoms with E-state index in [0.717, 1.165) is 34.9 Å². The molecular formula is C38H36N2OS. The molecule has 0 saturated carbocycles. The number of aromatic nitrogens is 1. The molecule has 0 aliphatic carbocycles. The van der Waals surface area contributed by atoms with Crippen molar-refractivity contribution < 1.29 is 4.74 Å². The summed E-state index contributed by atoms with van der Waals surface area (Å²) < 4.78 is 9.10. The van der Waals surface area contributed by atoms with Crippen molar-refractivity contribution >= 4 is 40.5 Å². The van der Waals surface area contributed by atoms with E-state index in [1.165, 1.54) is 43.9 Å². The summed E-state index contributed by atoms with van der Waals surface area (Å²) in [4.78, 5) is 3.66. The van der Waals surface area contributed by atoms with Gasteiger partial charge < -0.3 is 14.2 Å². The van der Waals surface area contributed by atoms with Crippen LogP contribution in [0, 0.1) is 0 Å². The minimum atomic E-state index is -0.157. The van der Waals surface area contributed by atoms with E-state index in [1.54, 1.807) is 0 Å². The van der Waals surface area contributed by atoms with Crippen molar-refractivity contribution in [2.45, 2.75) is 36.5 Å². The molecule has 5 aromatic rings. The normalized spacial score (nSPS) is 20.4. The number of aryl methyl sites for hydroxylation is 1. The second-order valence-electron chi connectivity index (χ2n) is 11.6. The summed E-state index contributed by atoms with van der Waals surface area (Å²) in [5.41, 5.74) is 9.64. The number of para-hydroxylation sites is 2. The van der Waals surface area contributed by atoms with E-state index < -0.39 is 0 Å². The van der Waals surface area contributed by atoms with Crippen LogP contribution >= 0.6 is 11.8 Å². The molecule has 0 N–H and O–H groups in total. The first-order valence-electron chi connectivity index (χ1n) is 14.7. The first-order valence-corrected chi connectivity index (χ1v) is 15.7. The molecule has 0 amide bonds. The number of hydrogen-bond acceptors (Lipinski definition) is 3. The first kappa shape index (κ1) is 26.7. The number of rotatable bonds is 4. The van der Waals surface area contributed by atoms with Gasteiger partial charge in [0.25, 0.3) is 0 Å². The highest BCUT2D eigenvalue weighted by molar-refractivity contribution is 7.99. The summed E-state index contributed by atoms with van der Waals surface area (Å²) in [5.74, 6) is 2.92. The number of fused-ring (bicyclic) bond motifs is 4. The molecule has 3 heterocycles. The molecule has 0 bridgehead atoms. The van der Waals surface area contributed by atoms with Crippen LogP contribution in [-0.2, 0) is 12.5 Å². The van der Waals surface area contributed by atoms with Crippen molar-refractivity contribution in [3.05, 3.63) is 131 Å². The third-order valence-corrected chi connectivity index (χ3v) is 10.6. The van der Waals surface area contributed by atoms with Crippen LogP contribution in [0.3, 0.4) is 0 Å². The molecule has 4 heteroatoms. The highest BCUT2D eigenvalue weighted by Gasteiger charge is 2.42. The van der Waals surface area contributed by atoms with Gasteiger partial charge in [-0.25, -0.2) is 0 Å². The molecule has 210 valence electrons. The highest BCUT2D eigenvalue weighted by Crippen LogP contribution is 2.55. The maximum absolute atomic E-state index is 6.84. The van der Waals surface area contributed by atoms with Gasteiger partial charge in [-0.2, -0.15) is 0 Å². The summed E-state index contributed by atoms with van der Waals surface area (Å²) in [6.45, 7) is 8.94. The largest absolute Gasteiger partial charge is 0.457 e. The van der Waals surface area contributed by atoms with Gasteiger partial charge in [0.15, 0.2) is 0 Å². The number of nitrogens with zero attached hydrogens (tertiary/aromatic N) is 2. The predicted octanol–water partition coefficient (Wildman–Crippen LogP) is 10.0. The lowest BCUT2D eigenvalue weighted by atomic mass is 9.64. The molecule has 2 unspecified atom stereocenters. The number of thioether (sulfide) groups is 1. The molecule has 42 heavy (non-hydrogen) atoms. The summed E-state index contributed by atoms with van der Waals surface area (Å²) in [7, 11) is 4.32. The second-order valence-corrected chi connectivity index (χ2v) is 12.7. The molecule has 0 spiro atoms. The number of hydrogen-bond donors (Lipinski definition) is 0. The van der Waals surface area contributed by atoms with Gasteiger partial charge >= 0.3 is 0 Å². The Hall–Kier alpha value is -4.15. The summed E-state index contributed by atoms with van der Waals surface area (Å²) in [6.07, 6.45) is 5.34. The third kappa shape index (κ3) is 4.04. The number of benzene rings is 4. The fraction of sp³-hybridized carbons (Fsp3) is 0.211. The van der Waals surface area contributed by atoms with Gasteiger partial charge in [-0.1, -0.05) is 81.1 Å². The molecule has 0 saturated heterocycles. The molecule has 4 aromatic carbocycles. The minimum absolute atomic E-state index is 0.124. The smallest absolute Gasteiger partial charge is 0.133 e. The summed E-state index contributed by atoms with van der Waals surface area (Å²) in [5, 5.41) is 1.23. The van der Waals surface area contributed by atoms with E-state index in [0.29, 0.717) is 0 Å². The maximum atomic E-state index is 6.84. The van der Waals surface area contributed by atoms with Gasteiger partial charge in [0.2, 0.25) is 0 Å². The Kier molecular flexibility index (Phi) is 6.55. The van der Waals surface area contributed by atoms with Gasteiger partial charge in [-0.3, -0.25) is 0 Å². The van der Waals surface area contributed by atoms with Crippen LogP contribution in [0.5, 0.6) is 11.5 Å². The van der Waals surface area contributed by atoms with Crippen LogP contribution < -0.4 is 9.64 Å². The van der Waals surface area contributed by atoms with Crippen LogP contribution in [0.2, 0.25) is 0 Å². The summed E-state index contributed by atoms with van der Waals surface area (Å²) >= 11 is 1.90. The van der Waals surface area contributed by atoms with Gasteiger partial charge in [-0.15, -0.1) is 11.8 Å². The van der Waals surface area contributed by atoms with E-state index in [4.69, 9.17) is 4.74 Å². The zero-order chi connectivity index (χ0) is 29.0. The maximum Gasteiger partial charge on any atom is 0.133 e. The van der Waals surface area contributed by atoms with E-state index in [1.807, 2.05) is 17.8 Å². The lowest BCUT2D eigenvalue weighted by molar-refractivity contribution is 0.401. The van der Waals surface area contributed by atoms with E-state index in [9.17, 15) is 0 Å². The van der Waals surface area contributed by atoms with Crippen molar-refractivity contribution in [3.8, 4) is 11.5 Å². The fourth-order valence-corrected chi connectivity index (χ4v) is 8.14. The zero-order valence-corrected chi connectivity index (χ0v) is 25.5. The Balaban J connectivity index is 1.49. The van der Waals surface area contributed by atoms with E-state index in [-0.39, 0.29) is 11.3 Å². The Bertz CT molecular complexity index is 1870. The number of ether oxygens (including phenoxy) is 1. The van der Waals surface area contributed by atoms with Crippen LogP contribution in [0.4, 0.5) is 5.69 Å². The first-order chi connectivity index (χ1) is 20.4. The third-order valence-electron chi connectivity index (χ3n) is 9.49. The van der Waals surface area contributed by atoms with E-state index in [2.05, 4.69) is 141 Å². The van der Waals surface area contributed by atoms with Gasteiger partial charge in [0.05, 0.1) is 11.2 Å². The molecule has 3 nitrogen and oxygen atoms in total. The summed E-state index contributed by atoms with van der Waals surface area (Å²) in [6, 6.07) is 32.9. The average Bonchev–Trinajstić information content (AvgIpc) is 3.21. The molecule has 2 atom stereocenters. The molecule has 2 aliphatic rings. The van der Waals surface area contributed by atoms with Crippen molar-refractivity contribution in [1.82, 2.24) is 4.57 Å². The SMILES string of the molecule is C=Cc1c(/C=C2\CSc3ccccc3N2C)c2cc3c(cc2n1C)Oc1ccccc1C(C)(CC)C3c1ccccc1. The van der Waals surface area contributed by atoms with E-state index >= 15 is 0 Å². The molecule has 1 aromatic heterocycles. The van der Waals surface area contributed by atoms with Crippen molar-refractivity contribution in [1.29, 1.82) is 0 Å². The Morgan fingerprint density at radius 3 is 2.48 bits per heavy atom. The Labute approximate surface area is 253 Å². The number of anilines is 1. The minimum Gasteiger partial charge on any atom is -0.457 e. The Morgan fingerprint density at radius 2 is 1.69 bits per heavy atom. The second kappa shape index (κ2) is 10.3. The highest BCUT2D eigenvalue weighted by atomic mass is 32.2. The lowest BCUT2D eigenvalue weighted by Gasteiger charge is -2.37. The van der Waals surface area contributed by atoms with Crippen LogP contribution in [0.15, 0.2) is 108 Å². The van der Waals surface area contributed by atoms with Crippen molar-refractivity contribution in [3.63, 3.8) is 0 Å². The molecule has 0 radical (unpaired) electrons. The lowest BCUT2D eigenvalue weighted by Crippen LogP contribution is -2.30. The topological polar surface area (TPSA) is 17.4 Å². The van der Waals surface area contributed by atoms with Crippen LogP contribution in [-0.4, -0.2) is 17.4 Å². The van der Waals surface area contributed by atoms with Crippen molar-refractivity contribution in [2.75, 3.05) is 17.7 Å². The van der Waals surface area contributed by atoms with Gasteiger partial charge in [0, 0.05) is 75.6 Å². The monoisotopic (exact) mass is 568 g/mol. The average molecular weight is 569 g/mol.